The number of halogens is 1. The quantitative estimate of drug-likeness (QED) is 0.344. The largest absolute Gasteiger partial charge is 0.493 e. The molecule has 0 spiro atoms. The maximum absolute atomic E-state index is 5.91. The molecule has 2 atom stereocenters. The summed E-state index contributed by atoms with van der Waals surface area (Å²) in [5.74, 6) is 2.21. The van der Waals surface area contributed by atoms with E-state index in [0.29, 0.717) is 13.2 Å². The van der Waals surface area contributed by atoms with E-state index in [4.69, 9.17) is 14.2 Å². The Labute approximate surface area is 162 Å². The van der Waals surface area contributed by atoms with Gasteiger partial charge >= 0.3 is 0 Å². The van der Waals surface area contributed by atoms with Gasteiger partial charge in [0.2, 0.25) is 0 Å². The van der Waals surface area contributed by atoms with Gasteiger partial charge in [0.1, 0.15) is 6.10 Å². The second kappa shape index (κ2) is 13.1. The maximum Gasteiger partial charge on any atom is 0.191 e. The number of hydrogen-bond donors (Lipinski definition) is 2. The monoisotopic (exact) mass is 451 g/mol. The molecule has 0 radical (unpaired) electrons. The third-order valence-electron chi connectivity index (χ3n) is 3.05. The van der Waals surface area contributed by atoms with E-state index in [-0.39, 0.29) is 36.1 Å². The molecule has 0 amide bonds. The maximum atomic E-state index is 5.91. The molecule has 24 heavy (non-hydrogen) atoms. The molecular formula is C17H30IN3O3. The molecule has 0 heterocycles. The lowest BCUT2D eigenvalue weighted by molar-refractivity contribution is 0.178. The fourth-order valence-corrected chi connectivity index (χ4v) is 2.04. The molecule has 0 aromatic heterocycles. The highest BCUT2D eigenvalue weighted by Crippen LogP contribution is 2.26. The van der Waals surface area contributed by atoms with Crippen LogP contribution in [0.5, 0.6) is 11.5 Å². The average molecular weight is 451 g/mol. The lowest BCUT2D eigenvalue weighted by atomic mass is 10.3. The van der Waals surface area contributed by atoms with Crippen LogP contribution >= 0.6 is 24.0 Å². The Balaban J connectivity index is 0.00000529. The third kappa shape index (κ3) is 8.58. The number of nitrogens with zero attached hydrogens (tertiary/aromatic N) is 1. The van der Waals surface area contributed by atoms with Crippen molar-refractivity contribution in [3.63, 3.8) is 0 Å². The second-order valence-corrected chi connectivity index (χ2v) is 5.30. The van der Waals surface area contributed by atoms with Crippen LogP contribution in [0.2, 0.25) is 0 Å². The minimum atomic E-state index is -0.0699. The van der Waals surface area contributed by atoms with Gasteiger partial charge in [-0.25, -0.2) is 4.99 Å². The molecular weight excluding hydrogens is 421 g/mol. The summed E-state index contributed by atoms with van der Waals surface area (Å²) in [6.45, 7) is 8.02. The summed E-state index contributed by atoms with van der Waals surface area (Å²) < 4.78 is 16.3. The zero-order chi connectivity index (χ0) is 17.1. The molecule has 1 aromatic carbocycles. The van der Waals surface area contributed by atoms with E-state index in [1.165, 1.54) is 0 Å². The van der Waals surface area contributed by atoms with E-state index in [1.54, 1.807) is 14.2 Å². The highest BCUT2D eigenvalue weighted by molar-refractivity contribution is 14.0. The molecule has 0 bridgehead atoms. The van der Waals surface area contributed by atoms with Crippen LogP contribution < -0.4 is 20.1 Å². The number of methoxy groups -OCH3 is 2. The highest BCUT2D eigenvalue weighted by Gasteiger charge is 2.09. The van der Waals surface area contributed by atoms with E-state index in [1.807, 2.05) is 45.0 Å². The zero-order valence-electron chi connectivity index (χ0n) is 15.2. The minimum Gasteiger partial charge on any atom is -0.493 e. The van der Waals surface area contributed by atoms with Gasteiger partial charge in [-0.1, -0.05) is 12.1 Å². The van der Waals surface area contributed by atoms with Gasteiger partial charge < -0.3 is 24.8 Å². The van der Waals surface area contributed by atoms with Crippen LogP contribution in [0.15, 0.2) is 29.3 Å². The third-order valence-corrected chi connectivity index (χ3v) is 3.05. The van der Waals surface area contributed by atoms with Crippen molar-refractivity contribution in [1.82, 2.24) is 10.6 Å². The van der Waals surface area contributed by atoms with Crippen LogP contribution in [0.3, 0.4) is 0 Å². The molecule has 1 rings (SSSR count). The van der Waals surface area contributed by atoms with Crippen LogP contribution in [0.25, 0.3) is 0 Å². The Morgan fingerprint density at radius 1 is 1.17 bits per heavy atom. The number of para-hydroxylation sites is 2. The summed E-state index contributed by atoms with van der Waals surface area (Å²) >= 11 is 0. The van der Waals surface area contributed by atoms with E-state index in [9.17, 15) is 0 Å². The summed E-state index contributed by atoms with van der Waals surface area (Å²) in [5.41, 5.74) is 0. The van der Waals surface area contributed by atoms with Gasteiger partial charge in [0.15, 0.2) is 17.5 Å². The van der Waals surface area contributed by atoms with Crippen LogP contribution in [0.4, 0.5) is 0 Å². The predicted octanol–water partition coefficient (Wildman–Crippen LogP) is 2.67. The van der Waals surface area contributed by atoms with Crippen molar-refractivity contribution >= 4 is 29.9 Å². The summed E-state index contributed by atoms with van der Waals surface area (Å²) in [5, 5.41) is 6.51. The fraction of sp³-hybridized carbons (Fsp3) is 0.588. The first kappa shape index (κ1) is 22.8. The van der Waals surface area contributed by atoms with Gasteiger partial charge in [-0.15, -0.1) is 24.0 Å². The minimum absolute atomic E-state index is 0. The lowest BCUT2D eigenvalue weighted by Crippen LogP contribution is -2.44. The van der Waals surface area contributed by atoms with Crippen molar-refractivity contribution < 1.29 is 14.2 Å². The van der Waals surface area contributed by atoms with E-state index < -0.39 is 0 Å². The number of hydrogen-bond acceptors (Lipinski definition) is 4. The summed E-state index contributed by atoms with van der Waals surface area (Å²) in [4.78, 5) is 4.56. The van der Waals surface area contributed by atoms with Gasteiger partial charge in [-0.2, -0.15) is 0 Å². The summed E-state index contributed by atoms with van der Waals surface area (Å²) in [6, 6.07) is 7.79. The first-order valence-corrected chi connectivity index (χ1v) is 7.94. The fourth-order valence-electron chi connectivity index (χ4n) is 2.04. The summed E-state index contributed by atoms with van der Waals surface area (Å²) in [7, 11) is 3.32. The first-order chi connectivity index (χ1) is 11.1. The number of nitrogens with one attached hydrogen (secondary N) is 2. The molecule has 6 nitrogen and oxygen atoms in total. The Morgan fingerprint density at radius 2 is 1.83 bits per heavy atom. The van der Waals surface area contributed by atoms with Gasteiger partial charge in [-0.05, 0) is 32.9 Å². The number of rotatable bonds is 9. The smallest absolute Gasteiger partial charge is 0.191 e. The van der Waals surface area contributed by atoms with Gasteiger partial charge in [0, 0.05) is 19.7 Å². The standard InChI is InChI=1S/C17H29N3O3.HI/c1-6-18-17(20-13(2)12-21-4)19-11-14(3)23-16-10-8-7-9-15(16)22-5;/h7-10,13-14H,6,11-12H2,1-5H3,(H2,18,19,20);1H. The lowest BCUT2D eigenvalue weighted by Gasteiger charge is -2.19. The first-order valence-electron chi connectivity index (χ1n) is 7.94. The molecule has 0 saturated heterocycles. The molecule has 0 aliphatic rings. The van der Waals surface area contributed by atoms with Crippen molar-refractivity contribution in [1.29, 1.82) is 0 Å². The molecule has 0 fully saturated rings. The molecule has 1 aromatic rings. The van der Waals surface area contributed by atoms with Crippen LogP contribution in [-0.2, 0) is 4.74 Å². The van der Waals surface area contributed by atoms with Crippen molar-refractivity contribution in [3.05, 3.63) is 24.3 Å². The molecule has 2 unspecified atom stereocenters. The Hall–Kier alpha value is -1.22. The van der Waals surface area contributed by atoms with E-state index in [2.05, 4.69) is 15.6 Å². The number of guanidine groups is 1. The van der Waals surface area contributed by atoms with Crippen molar-refractivity contribution in [2.24, 2.45) is 4.99 Å². The Morgan fingerprint density at radius 3 is 2.42 bits per heavy atom. The van der Waals surface area contributed by atoms with Gasteiger partial charge in [0.05, 0.1) is 20.3 Å². The van der Waals surface area contributed by atoms with E-state index in [0.717, 1.165) is 24.0 Å². The van der Waals surface area contributed by atoms with Gasteiger partial charge in [-0.3, -0.25) is 0 Å². The SMILES string of the molecule is CCNC(=NCC(C)Oc1ccccc1OC)NC(C)COC.I. The normalized spacial score (nSPS) is 13.5. The molecule has 0 aliphatic heterocycles. The average Bonchev–Trinajstić information content (AvgIpc) is 2.53. The summed E-state index contributed by atoms with van der Waals surface area (Å²) in [6.07, 6.45) is -0.0699. The molecule has 0 saturated carbocycles. The molecule has 138 valence electrons. The zero-order valence-corrected chi connectivity index (χ0v) is 17.5. The molecule has 7 heteroatoms. The van der Waals surface area contributed by atoms with Crippen molar-refractivity contribution in [2.45, 2.75) is 32.9 Å². The number of benzene rings is 1. The Bertz CT molecular complexity index is 486. The molecule has 0 aliphatic carbocycles. The molecule has 2 N–H and O–H groups in total. The van der Waals surface area contributed by atoms with Gasteiger partial charge in [0.25, 0.3) is 0 Å². The van der Waals surface area contributed by atoms with Crippen LogP contribution in [-0.4, -0.2) is 52.0 Å². The van der Waals surface area contributed by atoms with Crippen LogP contribution in [0.1, 0.15) is 20.8 Å². The van der Waals surface area contributed by atoms with Crippen molar-refractivity contribution in [3.8, 4) is 11.5 Å². The number of ether oxygens (including phenoxy) is 3. The van der Waals surface area contributed by atoms with Crippen LogP contribution in [0, 0.1) is 0 Å². The van der Waals surface area contributed by atoms with E-state index >= 15 is 0 Å². The predicted molar refractivity (Wildman–Crippen MR) is 109 cm³/mol. The number of aliphatic imine (C=N–C) groups is 1. The second-order valence-electron chi connectivity index (χ2n) is 5.30. The topological polar surface area (TPSA) is 64.1 Å². The Kier molecular flexibility index (Phi) is 12.4. The highest BCUT2D eigenvalue weighted by atomic mass is 127. The van der Waals surface area contributed by atoms with Crippen molar-refractivity contribution in [2.75, 3.05) is 33.9 Å².